The molecule has 0 aromatic carbocycles. The molecule has 32 heavy (non-hydrogen) atoms. The molecular formula is C23H39N5O3S. The second kappa shape index (κ2) is 9.89. The van der Waals surface area contributed by atoms with Gasteiger partial charge in [0.05, 0.1) is 0 Å². The summed E-state index contributed by atoms with van der Waals surface area (Å²) in [4.78, 5) is 40.5. The molecule has 4 amide bonds. The molecule has 180 valence electrons. The van der Waals surface area contributed by atoms with Crippen LogP contribution in [-0.2, 0) is 9.59 Å². The van der Waals surface area contributed by atoms with Gasteiger partial charge in [-0.3, -0.25) is 20.2 Å². The number of imide groups is 1. The molecule has 0 spiro atoms. The summed E-state index contributed by atoms with van der Waals surface area (Å²) in [5.41, 5.74) is -0.160. The molecule has 8 nitrogen and oxygen atoms in total. The zero-order chi connectivity index (χ0) is 23.0. The van der Waals surface area contributed by atoms with Crippen LogP contribution in [-0.4, -0.2) is 65.7 Å². The monoisotopic (exact) mass is 465 g/mol. The van der Waals surface area contributed by atoms with Gasteiger partial charge in [0, 0.05) is 49.3 Å². The molecule has 4 aliphatic rings. The van der Waals surface area contributed by atoms with Crippen LogP contribution in [0.15, 0.2) is 0 Å². The molecule has 1 aliphatic carbocycles. The van der Waals surface area contributed by atoms with Crippen molar-refractivity contribution >= 4 is 29.6 Å². The number of piperidine rings is 2. The fourth-order valence-corrected chi connectivity index (χ4v) is 7.29. The highest BCUT2D eigenvalue weighted by molar-refractivity contribution is 8.00. The minimum atomic E-state index is -0.442. The molecule has 4 fully saturated rings. The third-order valence-electron chi connectivity index (χ3n) is 8.19. The lowest BCUT2D eigenvalue weighted by atomic mass is 9.64. The van der Waals surface area contributed by atoms with Crippen molar-refractivity contribution in [2.75, 3.05) is 20.1 Å². The van der Waals surface area contributed by atoms with E-state index in [1.165, 1.54) is 0 Å². The van der Waals surface area contributed by atoms with Crippen molar-refractivity contribution in [1.82, 2.24) is 26.2 Å². The molecule has 0 radical (unpaired) electrons. The van der Waals surface area contributed by atoms with E-state index < -0.39 is 6.03 Å². The third kappa shape index (κ3) is 5.09. The van der Waals surface area contributed by atoms with Crippen LogP contribution in [0.3, 0.4) is 0 Å². The van der Waals surface area contributed by atoms with E-state index in [-0.39, 0.29) is 35.1 Å². The normalized spacial score (nSPS) is 42.3. The van der Waals surface area contributed by atoms with Crippen molar-refractivity contribution in [3.8, 4) is 0 Å². The van der Waals surface area contributed by atoms with E-state index in [1.54, 1.807) is 11.8 Å². The van der Waals surface area contributed by atoms with Crippen LogP contribution in [0.2, 0.25) is 0 Å². The molecule has 9 unspecified atom stereocenters. The van der Waals surface area contributed by atoms with Crippen LogP contribution < -0.4 is 21.3 Å². The smallest absolute Gasteiger partial charge is 0.323 e. The number of nitrogens with zero attached hydrogens (tertiary/aromatic N) is 1. The highest BCUT2D eigenvalue weighted by Crippen LogP contribution is 2.44. The number of hydrogen-bond acceptors (Lipinski definition) is 6. The summed E-state index contributed by atoms with van der Waals surface area (Å²) in [5.74, 6) is 0.854. The third-order valence-corrected chi connectivity index (χ3v) is 9.38. The number of nitrogens with one attached hydrogen (secondary N) is 4. The Morgan fingerprint density at radius 1 is 1.06 bits per heavy atom. The molecule has 9 atom stereocenters. The van der Waals surface area contributed by atoms with Gasteiger partial charge in [-0.25, -0.2) is 4.79 Å². The van der Waals surface area contributed by atoms with Gasteiger partial charge in [-0.1, -0.05) is 13.8 Å². The summed E-state index contributed by atoms with van der Waals surface area (Å²) in [6.07, 6.45) is 4.27. The van der Waals surface area contributed by atoms with Crippen LogP contribution in [0.5, 0.6) is 0 Å². The lowest BCUT2D eigenvalue weighted by molar-refractivity contribution is -0.149. The van der Waals surface area contributed by atoms with Gasteiger partial charge in [0.2, 0.25) is 11.8 Å². The second-order valence-corrected chi connectivity index (χ2v) is 12.1. The Bertz CT molecular complexity index is 736. The molecule has 4 rings (SSSR count). The standard InChI is InChI=1S/C23H39N5O3S/c1-12-5-6-15(20(29)26-22(31)27-23-25-10-14(3)32-23)8-17(12)18-9-16-11-24-13(2)7-19(16)28(4)21(18)30/h12-19,23-25H,5-11H2,1-4H3,(H2,26,27,29,31). The molecule has 1 saturated carbocycles. The van der Waals surface area contributed by atoms with Crippen molar-refractivity contribution in [1.29, 1.82) is 0 Å². The number of urea groups is 1. The number of likely N-dealkylation sites (tertiary alicyclic amines) is 1. The predicted molar refractivity (Wildman–Crippen MR) is 126 cm³/mol. The Kier molecular flexibility index (Phi) is 7.36. The van der Waals surface area contributed by atoms with Crippen LogP contribution >= 0.6 is 11.8 Å². The summed E-state index contributed by atoms with van der Waals surface area (Å²) in [7, 11) is 1.96. The van der Waals surface area contributed by atoms with E-state index in [1.807, 2.05) is 11.9 Å². The van der Waals surface area contributed by atoms with Crippen molar-refractivity contribution in [3.05, 3.63) is 0 Å². The van der Waals surface area contributed by atoms with Crippen LogP contribution in [0.4, 0.5) is 4.79 Å². The lowest BCUT2D eigenvalue weighted by Crippen LogP contribution is -2.60. The Morgan fingerprint density at radius 2 is 1.84 bits per heavy atom. The fraction of sp³-hybridized carbons (Fsp3) is 0.870. The molecule has 3 aliphatic heterocycles. The maximum atomic E-state index is 13.3. The summed E-state index contributed by atoms with van der Waals surface area (Å²) < 4.78 is 0. The van der Waals surface area contributed by atoms with E-state index >= 15 is 0 Å². The van der Waals surface area contributed by atoms with Crippen molar-refractivity contribution < 1.29 is 14.4 Å². The summed E-state index contributed by atoms with van der Waals surface area (Å²) >= 11 is 1.64. The van der Waals surface area contributed by atoms with Gasteiger partial charge in [-0.15, -0.1) is 11.8 Å². The first kappa shape index (κ1) is 23.8. The van der Waals surface area contributed by atoms with Crippen LogP contribution in [0, 0.1) is 29.6 Å². The average Bonchev–Trinajstić information content (AvgIpc) is 3.15. The molecule has 3 heterocycles. The van der Waals surface area contributed by atoms with Gasteiger partial charge in [-0.2, -0.15) is 0 Å². The molecule has 0 aromatic rings. The lowest BCUT2D eigenvalue weighted by Gasteiger charge is -2.50. The predicted octanol–water partition coefficient (Wildman–Crippen LogP) is 1.72. The maximum absolute atomic E-state index is 13.3. The molecular weight excluding hydrogens is 426 g/mol. The van der Waals surface area contributed by atoms with Gasteiger partial charge in [0.25, 0.3) is 0 Å². The topological polar surface area (TPSA) is 103 Å². The van der Waals surface area contributed by atoms with E-state index in [4.69, 9.17) is 0 Å². The second-order valence-electron chi connectivity index (χ2n) is 10.5. The van der Waals surface area contributed by atoms with Gasteiger partial charge in [0.1, 0.15) is 5.50 Å². The number of amides is 4. The quantitative estimate of drug-likeness (QED) is 0.506. The number of thioether (sulfide) groups is 1. The minimum Gasteiger partial charge on any atom is -0.342 e. The molecule has 9 heteroatoms. The van der Waals surface area contributed by atoms with Crippen LogP contribution in [0.1, 0.15) is 52.9 Å². The zero-order valence-electron chi connectivity index (χ0n) is 19.7. The fourth-order valence-electron chi connectivity index (χ4n) is 6.26. The minimum absolute atomic E-state index is 0.0311. The first-order chi connectivity index (χ1) is 15.2. The van der Waals surface area contributed by atoms with Crippen LogP contribution in [0.25, 0.3) is 0 Å². The molecule has 4 N–H and O–H groups in total. The van der Waals surface area contributed by atoms with E-state index in [9.17, 15) is 14.4 Å². The summed E-state index contributed by atoms with van der Waals surface area (Å²) in [5, 5.41) is 12.6. The Hall–Kier alpha value is -1.32. The number of hydrogen-bond donors (Lipinski definition) is 4. The van der Waals surface area contributed by atoms with Crippen molar-refractivity contribution in [2.45, 2.75) is 75.7 Å². The number of fused-ring (bicyclic) bond motifs is 1. The summed E-state index contributed by atoms with van der Waals surface area (Å²) in [6, 6.07) is 0.321. The summed E-state index contributed by atoms with van der Waals surface area (Å²) in [6.45, 7) is 8.30. The van der Waals surface area contributed by atoms with Crippen molar-refractivity contribution in [2.24, 2.45) is 29.6 Å². The Morgan fingerprint density at radius 3 is 2.56 bits per heavy atom. The van der Waals surface area contributed by atoms with Gasteiger partial charge in [-0.05, 0) is 56.8 Å². The average molecular weight is 466 g/mol. The zero-order valence-corrected chi connectivity index (χ0v) is 20.5. The molecule has 3 saturated heterocycles. The molecule has 0 bridgehead atoms. The number of rotatable bonds is 3. The van der Waals surface area contributed by atoms with Gasteiger partial charge < -0.3 is 15.5 Å². The van der Waals surface area contributed by atoms with Gasteiger partial charge in [0.15, 0.2) is 0 Å². The number of carbonyl (C=O) groups is 3. The first-order valence-corrected chi connectivity index (χ1v) is 13.2. The molecule has 0 aromatic heterocycles. The maximum Gasteiger partial charge on any atom is 0.323 e. The van der Waals surface area contributed by atoms with Gasteiger partial charge >= 0.3 is 6.03 Å². The van der Waals surface area contributed by atoms with E-state index in [2.05, 4.69) is 42.0 Å². The first-order valence-electron chi connectivity index (χ1n) is 12.2. The highest BCUT2D eigenvalue weighted by Gasteiger charge is 2.47. The SMILES string of the molecule is CC1CC2C(CN1)CC(C1CC(C(=O)NC(=O)NC3NCC(C)S3)CCC1C)C(=O)N2C. The highest BCUT2D eigenvalue weighted by atomic mass is 32.2. The van der Waals surface area contributed by atoms with Crippen molar-refractivity contribution in [3.63, 3.8) is 0 Å². The Labute approximate surface area is 195 Å². The Balaban J connectivity index is 1.36. The van der Waals surface area contributed by atoms with E-state index in [0.29, 0.717) is 35.6 Å². The largest absolute Gasteiger partial charge is 0.342 e. The number of carbonyl (C=O) groups excluding carboxylic acids is 3. The van der Waals surface area contributed by atoms with E-state index in [0.717, 1.165) is 38.8 Å².